The van der Waals surface area contributed by atoms with Gasteiger partial charge in [0.25, 0.3) is 5.91 Å². The number of amides is 1. The summed E-state index contributed by atoms with van der Waals surface area (Å²) in [5, 5.41) is 8.74. The highest BCUT2D eigenvalue weighted by Crippen LogP contribution is 2.24. The lowest BCUT2D eigenvalue weighted by Gasteiger charge is -2.38. The van der Waals surface area contributed by atoms with Crippen LogP contribution in [-0.4, -0.2) is 76.1 Å². The Bertz CT molecular complexity index is 875. The zero-order chi connectivity index (χ0) is 21.3. The summed E-state index contributed by atoms with van der Waals surface area (Å²) in [6.45, 7) is 9.74. The summed E-state index contributed by atoms with van der Waals surface area (Å²) in [6.07, 6.45) is 4.12. The molecule has 2 saturated heterocycles. The number of aromatic nitrogens is 3. The Balaban J connectivity index is 1.59. The maximum Gasteiger partial charge on any atom is 0.276 e. The highest BCUT2D eigenvalue weighted by Gasteiger charge is 2.34. The Morgan fingerprint density at radius 3 is 2.63 bits per heavy atom. The summed E-state index contributed by atoms with van der Waals surface area (Å²) in [4.78, 5) is 18.1. The number of likely N-dealkylation sites (tertiary alicyclic amines) is 1. The Kier molecular flexibility index (Phi) is 6.24. The molecule has 2 aromatic heterocycles. The monoisotopic (exact) mass is 415 g/mol. The molecule has 8 nitrogen and oxygen atoms in total. The van der Waals surface area contributed by atoms with Crippen LogP contribution in [0.1, 0.15) is 58.9 Å². The molecule has 4 rings (SSSR count). The molecular formula is C22H33N5O3. The SMILES string of the molecule is Cc1cc(C)n(Cc2c(C(=O)N(CC3CCCO3)C3CCN(C)CC3)noc2C)n1. The molecule has 0 aromatic carbocycles. The molecule has 2 aromatic rings. The second-order valence-electron chi connectivity index (χ2n) is 8.78. The number of carbonyl (C=O) groups is 1. The maximum absolute atomic E-state index is 13.7. The van der Waals surface area contributed by atoms with Gasteiger partial charge in [0.05, 0.1) is 18.3 Å². The van der Waals surface area contributed by atoms with E-state index in [0.717, 1.165) is 62.3 Å². The van der Waals surface area contributed by atoms with Crippen molar-refractivity contribution in [1.29, 1.82) is 0 Å². The van der Waals surface area contributed by atoms with Gasteiger partial charge in [-0.2, -0.15) is 5.10 Å². The Morgan fingerprint density at radius 1 is 1.23 bits per heavy atom. The topological polar surface area (TPSA) is 76.6 Å². The van der Waals surface area contributed by atoms with Crippen LogP contribution in [0, 0.1) is 20.8 Å². The van der Waals surface area contributed by atoms with Crippen molar-refractivity contribution in [3.63, 3.8) is 0 Å². The van der Waals surface area contributed by atoms with Crippen LogP contribution in [0.25, 0.3) is 0 Å². The molecule has 4 heterocycles. The van der Waals surface area contributed by atoms with Crippen molar-refractivity contribution in [1.82, 2.24) is 24.7 Å². The van der Waals surface area contributed by atoms with Crippen molar-refractivity contribution >= 4 is 5.91 Å². The molecule has 164 valence electrons. The van der Waals surface area contributed by atoms with Gasteiger partial charge < -0.3 is 19.1 Å². The van der Waals surface area contributed by atoms with Gasteiger partial charge in [0.1, 0.15) is 5.76 Å². The summed E-state index contributed by atoms with van der Waals surface area (Å²) < 4.78 is 13.3. The van der Waals surface area contributed by atoms with Crippen molar-refractivity contribution in [2.24, 2.45) is 0 Å². The molecule has 0 bridgehead atoms. The Hall–Kier alpha value is -2.19. The van der Waals surface area contributed by atoms with Crippen molar-refractivity contribution in [2.45, 2.75) is 65.1 Å². The van der Waals surface area contributed by atoms with Crippen LogP contribution in [0.3, 0.4) is 0 Å². The molecule has 2 aliphatic heterocycles. The molecule has 1 atom stereocenters. The van der Waals surface area contributed by atoms with Crippen LogP contribution in [0.2, 0.25) is 0 Å². The van der Waals surface area contributed by atoms with E-state index in [1.165, 1.54) is 0 Å². The van der Waals surface area contributed by atoms with E-state index < -0.39 is 0 Å². The molecule has 30 heavy (non-hydrogen) atoms. The lowest BCUT2D eigenvalue weighted by Crippen LogP contribution is -2.49. The minimum absolute atomic E-state index is 0.0477. The number of ether oxygens (including phenoxy) is 1. The van der Waals surface area contributed by atoms with Gasteiger partial charge in [-0.1, -0.05) is 5.16 Å². The van der Waals surface area contributed by atoms with E-state index in [4.69, 9.17) is 9.26 Å². The van der Waals surface area contributed by atoms with Crippen LogP contribution in [0.5, 0.6) is 0 Å². The highest BCUT2D eigenvalue weighted by molar-refractivity contribution is 5.94. The first-order chi connectivity index (χ1) is 14.4. The number of piperidine rings is 1. The van der Waals surface area contributed by atoms with Gasteiger partial charge in [-0.05, 0) is 72.7 Å². The molecule has 0 radical (unpaired) electrons. The fourth-order valence-corrected chi connectivity index (χ4v) is 4.58. The largest absolute Gasteiger partial charge is 0.376 e. The third-order valence-corrected chi connectivity index (χ3v) is 6.41. The van der Waals surface area contributed by atoms with Gasteiger partial charge >= 0.3 is 0 Å². The molecule has 8 heteroatoms. The number of hydrogen-bond acceptors (Lipinski definition) is 6. The van der Waals surface area contributed by atoms with Gasteiger partial charge in [-0.3, -0.25) is 9.48 Å². The van der Waals surface area contributed by atoms with E-state index in [1.54, 1.807) is 0 Å². The van der Waals surface area contributed by atoms with E-state index in [9.17, 15) is 4.79 Å². The van der Waals surface area contributed by atoms with Crippen LogP contribution < -0.4 is 0 Å². The minimum Gasteiger partial charge on any atom is -0.376 e. The van der Waals surface area contributed by atoms with Crippen molar-refractivity contribution < 1.29 is 14.1 Å². The van der Waals surface area contributed by atoms with E-state index >= 15 is 0 Å². The summed E-state index contributed by atoms with van der Waals surface area (Å²) in [7, 11) is 2.13. The fraction of sp³-hybridized carbons (Fsp3) is 0.682. The zero-order valence-corrected chi connectivity index (χ0v) is 18.6. The molecular weight excluding hydrogens is 382 g/mol. The van der Waals surface area contributed by atoms with E-state index in [1.807, 2.05) is 36.4 Å². The van der Waals surface area contributed by atoms with Gasteiger partial charge in [0.15, 0.2) is 5.69 Å². The standard InChI is InChI=1S/C22H33N5O3/c1-15-12-16(2)27(23-15)14-20-17(3)30-24-21(20)22(28)26(13-19-6-5-11-29-19)18-7-9-25(4)10-8-18/h12,18-19H,5-11,13-14H2,1-4H3. The second-order valence-corrected chi connectivity index (χ2v) is 8.78. The molecule has 0 N–H and O–H groups in total. The number of aryl methyl sites for hydroxylation is 3. The summed E-state index contributed by atoms with van der Waals surface area (Å²) >= 11 is 0. The molecule has 0 spiro atoms. The van der Waals surface area contributed by atoms with Crippen LogP contribution in [0.4, 0.5) is 0 Å². The van der Waals surface area contributed by atoms with Gasteiger partial charge in [-0.15, -0.1) is 0 Å². The molecule has 0 aliphatic carbocycles. The van der Waals surface area contributed by atoms with Gasteiger partial charge in [-0.25, -0.2) is 0 Å². The molecule has 0 saturated carbocycles. The third kappa shape index (κ3) is 4.44. The first-order valence-corrected chi connectivity index (χ1v) is 11.0. The summed E-state index contributed by atoms with van der Waals surface area (Å²) in [5.41, 5.74) is 3.24. The number of nitrogens with zero attached hydrogens (tertiary/aromatic N) is 5. The first-order valence-electron chi connectivity index (χ1n) is 11.0. The van der Waals surface area contributed by atoms with Gasteiger partial charge in [0, 0.05) is 30.5 Å². The highest BCUT2D eigenvalue weighted by atomic mass is 16.5. The lowest BCUT2D eigenvalue weighted by molar-refractivity contribution is 0.0312. The lowest BCUT2D eigenvalue weighted by atomic mass is 10.0. The maximum atomic E-state index is 13.7. The van der Waals surface area contributed by atoms with Crippen molar-refractivity contribution in [2.75, 3.05) is 33.3 Å². The van der Waals surface area contributed by atoms with Crippen LogP contribution in [0.15, 0.2) is 10.6 Å². The predicted octanol–water partition coefficient (Wildman–Crippen LogP) is 2.56. The first kappa shape index (κ1) is 21.1. The van der Waals surface area contributed by atoms with Crippen LogP contribution in [-0.2, 0) is 11.3 Å². The van der Waals surface area contributed by atoms with E-state index in [0.29, 0.717) is 24.5 Å². The average Bonchev–Trinajstić information content (AvgIpc) is 3.43. The molecule has 2 aliphatic rings. The predicted molar refractivity (Wildman–Crippen MR) is 113 cm³/mol. The minimum atomic E-state index is -0.0477. The Labute approximate surface area is 178 Å². The number of hydrogen-bond donors (Lipinski definition) is 0. The summed E-state index contributed by atoms with van der Waals surface area (Å²) in [6, 6.07) is 2.24. The molecule has 1 amide bonds. The number of rotatable bonds is 6. The van der Waals surface area contributed by atoms with E-state index in [2.05, 4.69) is 22.2 Å². The van der Waals surface area contributed by atoms with Gasteiger partial charge in [0.2, 0.25) is 0 Å². The molecule has 1 unspecified atom stereocenters. The average molecular weight is 416 g/mol. The Morgan fingerprint density at radius 2 is 2.00 bits per heavy atom. The van der Waals surface area contributed by atoms with E-state index in [-0.39, 0.29) is 18.1 Å². The van der Waals surface area contributed by atoms with Crippen LogP contribution >= 0.6 is 0 Å². The smallest absolute Gasteiger partial charge is 0.276 e. The normalized spacial score (nSPS) is 20.7. The number of carbonyl (C=O) groups excluding carboxylic acids is 1. The second kappa shape index (κ2) is 8.89. The molecule has 2 fully saturated rings. The third-order valence-electron chi connectivity index (χ3n) is 6.41. The fourth-order valence-electron chi connectivity index (χ4n) is 4.58. The quantitative estimate of drug-likeness (QED) is 0.722. The zero-order valence-electron chi connectivity index (χ0n) is 18.6. The van der Waals surface area contributed by atoms with Crippen molar-refractivity contribution in [3.8, 4) is 0 Å². The summed E-state index contributed by atoms with van der Waals surface area (Å²) in [5.74, 6) is 0.625. The van der Waals surface area contributed by atoms with Crippen molar-refractivity contribution in [3.05, 3.63) is 34.5 Å².